The normalized spacial score (nSPS) is 23.3. The Morgan fingerprint density at radius 2 is 2.33 bits per heavy atom. The van der Waals surface area contributed by atoms with Crippen LogP contribution in [-0.2, 0) is 6.42 Å². The van der Waals surface area contributed by atoms with E-state index in [1.165, 1.54) is 0 Å². The first-order chi connectivity index (χ1) is 8.61. The Kier molecular flexibility index (Phi) is 4.01. The van der Waals surface area contributed by atoms with Crippen LogP contribution in [0.3, 0.4) is 0 Å². The summed E-state index contributed by atoms with van der Waals surface area (Å²) in [4.78, 5) is 12.1. The SMILES string of the molecule is CCc1noc(C)c1C(=O)NCC1CCC(O)C1. The fourth-order valence-corrected chi connectivity index (χ4v) is 2.51. The Hall–Kier alpha value is -1.36. The zero-order chi connectivity index (χ0) is 13.1. The van der Waals surface area contributed by atoms with Gasteiger partial charge in [-0.2, -0.15) is 0 Å². The van der Waals surface area contributed by atoms with Gasteiger partial charge in [0.1, 0.15) is 11.3 Å². The molecule has 100 valence electrons. The lowest BCUT2D eigenvalue weighted by molar-refractivity contribution is 0.0942. The quantitative estimate of drug-likeness (QED) is 0.850. The second kappa shape index (κ2) is 5.52. The minimum absolute atomic E-state index is 0.119. The van der Waals surface area contributed by atoms with Gasteiger partial charge in [-0.3, -0.25) is 4.79 Å². The molecule has 0 bridgehead atoms. The number of nitrogens with zero attached hydrogens (tertiary/aromatic N) is 1. The van der Waals surface area contributed by atoms with Gasteiger partial charge < -0.3 is 14.9 Å². The zero-order valence-corrected chi connectivity index (χ0v) is 10.9. The molecule has 2 rings (SSSR count). The van der Waals surface area contributed by atoms with E-state index in [9.17, 15) is 9.90 Å². The summed E-state index contributed by atoms with van der Waals surface area (Å²) in [6, 6.07) is 0. The van der Waals surface area contributed by atoms with Crippen molar-refractivity contribution in [3.63, 3.8) is 0 Å². The number of hydrogen-bond acceptors (Lipinski definition) is 4. The first-order valence-corrected chi connectivity index (χ1v) is 6.53. The number of hydrogen-bond donors (Lipinski definition) is 2. The molecular formula is C13H20N2O3. The average Bonchev–Trinajstić information content (AvgIpc) is 2.92. The van der Waals surface area contributed by atoms with Crippen LogP contribution >= 0.6 is 0 Å². The predicted octanol–water partition coefficient (Wildman–Crippen LogP) is 1.44. The van der Waals surface area contributed by atoms with Crippen LogP contribution in [0.5, 0.6) is 0 Å². The first-order valence-electron chi connectivity index (χ1n) is 6.53. The fourth-order valence-electron chi connectivity index (χ4n) is 2.51. The minimum atomic E-state index is -0.199. The molecule has 0 saturated heterocycles. The highest BCUT2D eigenvalue weighted by molar-refractivity contribution is 5.96. The summed E-state index contributed by atoms with van der Waals surface area (Å²) in [7, 11) is 0. The van der Waals surface area contributed by atoms with Crippen molar-refractivity contribution in [2.75, 3.05) is 6.54 Å². The van der Waals surface area contributed by atoms with Crippen LogP contribution in [0.2, 0.25) is 0 Å². The molecule has 1 aromatic heterocycles. The molecule has 1 saturated carbocycles. The topological polar surface area (TPSA) is 75.4 Å². The van der Waals surface area contributed by atoms with E-state index in [1.807, 2.05) is 6.92 Å². The van der Waals surface area contributed by atoms with Crippen LogP contribution in [0.4, 0.5) is 0 Å². The molecule has 0 aliphatic heterocycles. The van der Waals surface area contributed by atoms with E-state index >= 15 is 0 Å². The molecule has 1 amide bonds. The lowest BCUT2D eigenvalue weighted by atomic mass is 10.1. The van der Waals surface area contributed by atoms with Crippen LogP contribution in [0.15, 0.2) is 4.52 Å². The van der Waals surface area contributed by atoms with Crippen molar-refractivity contribution < 1.29 is 14.4 Å². The van der Waals surface area contributed by atoms with Crippen LogP contribution in [0.1, 0.15) is 48.0 Å². The van der Waals surface area contributed by atoms with Crippen LogP contribution in [-0.4, -0.2) is 28.8 Å². The maximum Gasteiger partial charge on any atom is 0.256 e. The Morgan fingerprint density at radius 1 is 1.56 bits per heavy atom. The maximum absolute atomic E-state index is 12.1. The molecule has 0 aromatic carbocycles. The van der Waals surface area contributed by atoms with Gasteiger partial charge in [0.15, 0.2) is 0 Å². The van der Waals surface area contributed by atoms with E-state index in [0.717, 1.165) is 19.3 Å². The highest BCUT2D eigenvalue weighted by atomic mass is 16.5. The summed E-state index contributed by atoms with van der Waals surface area (Å²) in [5.41, 5.74) is 1.27. The summed E-state index contributed by atoms with van der Waals surface area (Å²) in [6.45, 7) is 4.31. The van der Waals surface area contributed by atoms with Crippen LogP contribution < -0.4 is 5.32 Å². The summed E-state index contributed by atoms with van der Waals surface area (Å²) in [5.74, 6) is 0.831. The van der Waals surface area contributed by atoms with E-state index in [-0.39, 0.29) is 12.0 Å². The molecule has 1 aliphatic rings. The highest BCUT2D eigenvalue weighted by Crippen LogP contribution is 2.24. The lowest BCUT2D eigenvalue weighted by Gasteiger charge is -2.10. The number of carbonyl (C=O) groups excluding carboxylic acids is 1. The van der Waals surface area contributed by atoms with Crippen molar-refractivity contribution in [3.05, 3.63) is 17.0 Å². The second-order valence-corrected chi connectivity index (χ2v) is 4.96. The number of rotatable bonds is 4. The summed E-state index contributed by atoms with van der Waals surface area (Å²) < 4.78 is 5.05. The van der Waals surface area contributed by atoms with Gasteiger partial charge in [0.2, 0.25) is 0 Å². The number of amides is 1. The summed E-state index contributed by atoms with van der Waals surface area (Å²) in [6.07, 6.45) is 3.08. The third-order valence-corrected chi connectivity index (χ3v) is 3.56. The van der Waals surface area contributed by atoms with Crippen LogP contribution in [0.25, 0.3) is 0 Å². The van der Waals surface area contributed by atoms with E-state index in [1.54, 1.807) is 6.92 Å². The van der Waals surface area contributed by atoms with Gasteiger partial charge in [0.05, 0.1) is 11.8 Å². The number of aliphatic hydroxyl groups is 1. The molecule has 0 spiro atoms. The summed E-state index contributed by atoms with van der Waals surface area (Å²) >= 11 is 0. The predicted molar refractivity (Wildman–Crippen MR) is 66.3 cm³/mol. The Morgan fingerprint density at radius 3 is 2.94 bits per heavy atom. The van der Waals surface area contributed by atoms with Crippen molar-refractivity contribution >= 4 is 5.91 Å². The smallest absolute Gasteiger partial charge is 0.256 e. The van der Waals surface area contributed by atoms with E-state index < -0.39 is 0 Å². The number of nitrogens with one attached hydrogen (secondary N) is 1. The van der Waals surface area contributed by atoms with Crippen molar-refractivity contribution in [1.29, 1.82) is 0 Å². The molecule has 1 aliphatic carbocycles. The summed E-state index contributed by atoms with van der Waals surface area (Å²) in [5, 5.41) is 16.2. The van der Waals surface area contributed by atoms with Gasteiger partial charge in [-0.15, -0.1) is 0 Å². The van der Waals surface area contributed by atoms with Gasteiger partial charge in [0, 0.05) is 6.54 Å². The van der Waals surface area contributed by atoms with E-state index in [4.69, 9.17) is 4.52 Å². The third-order valence-electron chi connectivity index (χ3n) is 3.56. The van der Waals surface area contributed by atoms with Crippen LogP contribution in [0, 0.1) is 12.8 Å². The van der Waals surface area contributed by atoms with Crippen molar-refractivity contribution in [2.45, 2.75) is 45.6 Å². The van der Waals surface area contributed by atoms with Crippen molar-refractivity contribution in [2.24, 2.45) is 5.92 Å². The molecule has 18 heavy (non-hydrogen) atoms. The molecule has 1 heterocycles. The molecule has 5 heteroatoms. The standard InChI is InChI=1S/C13H20N2O3/c1-3-11-12(8(2)18-15-11)13(17)14-7-9-4-5-10(16)6-9/h9-10,16H,3-7H2,1-2H3,(H,14,17). The average molecular weight is 252 g/mol. The number of aryl methyl sites for hydroxylation is 2. The van der Waals surface area contributed by atoms with Gasteiger partial charge in [0.25, 0.3) is 5.91 Å². The molecule has 1 fully saturated rings. The second-order valence-electron chi connectivity index (χ2n) is 4.96. The van der Waals surface area contributed by atoms with E-state index in [0.29, 0.717) is 35.9 Å². The third kappa shape index (κ3) is 2.72. The lowest BCUT2D eigenvalue weighted by Crippen LogP contribution is -2.29. The maximum atomic E-state index is 12.1. The number of aromatic nitrogens is 1. The molecule has 0 radical (unpaired) electrons. The Balaban J connectivity index is 1.93. The monoisotopic (exact) mass is 252 g/mol. The molecule has 1 aromatic rings. The first kappa shape index (κ1) is 13.1. The van der Waals surface area contributed by atoms with Gasteiger partial charge >= 0.3 is 0 Å². The van der Waals surface area contributed by atoms with E-state index in [2.05, 4.69) is 10.5 Å². The van der Waals surface area contributed by atoms with Gasteiger partial charge in [-0.1, -0.05) is 12.1 Å². The molecule has 5 nitrogen and oxygen atoms in total. The minimum Gasteiger partial charge on any atom is -0.393 e. The van der Waals surface area contributed by atoms with Crippen molar-refractivity contribution in [1.82, 2.24) is 10.5 Å². The van der Waals surface area contributed by atoms with Gasteiger partial charge in [-0.25, -0.2) is 0 Å². The Bertz CT molecular complexity index is 428. The molecule has 2 atom stereocenters. The fraction of sp³-hybridized carbons (Fsp3) is 0.692. The number of aliphatic hydroxyl groups excluding tert-OH is 1. The zero-order valence-electron chi connectivity index (χ0n) is 10.9. The van der Waals surface area contributed by atoms with Gasteiger partial charge in [-0.05, 0) is 38.5 Å². The molecular weight excluding hydrogens is 232 g/mol. The Labute approximate surface area is 107 Å². The molecule has 2 N–H and O–H groups in total. The van der Waals surface area contributed by atoms with Crippen molar-refractivity contribution in [3.8, 4) is 0 Å². The largest absolute Gasteiger partial charge is 0.393 e. The number of carbonyl (C=O) groups is 1. The molecule has 2 unspecified atom stereocenters. The highest BCUT2D eigenvalue weighted by Gasteiger charge is 2.24.